The van der Waals surface area contributed by atoms with Crippen LogP contribution in [0.4, 0.5) is 17.5 Å². The molecule has 6 heteroatoms. The van der Waals surface area contributed by atoms with E-state index in [2.05, 4.69) is 27.0 Å². The number of rotatable bonds is 3. The minimum atomic E-state index is 0.203. The van der Waals surface area contributed by atoms with Gasteiger partial charge in [-0.05, 0) is 18.1 Å². The van der Waals surface area contributed by atoms with E-state index in [1.54, 1.807) is 13.3 Å². The topological polar surface area (TPSA) is 90.3 Å². The number of methoxy groups -OCH3 is 1. The average molecular weight is 271 g/mol. The van der Waals surface area contributed by atoms with E-state index < -0.39 is 0 Å². The average Bonchev–Trinajstić information content (AvgIpc) is 2.84. The van der Waals surface area contributed by atoms with Gasteiger partial charge in [-0.25, -0.2) is 4.98 Å². The minimum Gasteiger partial charge on any atom is -0.497 e. The summed E-state index contributed by atoms with van der Waals surface area (Å²) in [5, 5.41) is 0. The van der Waals surface area contributed by atoms with Crippen LogP contribution >= 0.6 is 0 Å². The molecule has 1 aliphatic rings. The Balaban J connectivity index is 1.87. The van der Waals surface area contributed by atoms with Crippen LogP contribution in [0.25, 0.3) is 0 Å². The van der Waals surface area contributed by atoms with Crippen molar-refractivity contribution in [2.45, 2.75) is 13.0 Å². The number of hydrogen-bond donors (Lipinski definition) is 2. The molecule has 0 atom stereocenters. The third kappa shape index (κ3) is 2.20. The first-order valence-corrected chi connectivity index (χ1v) is 6.46. The fourth-order valence-electron chi connectivity index (χ4n) is 2.48. The van der Waals surface area contributed by atoms with Crippen molar-refractivity contribution in [2.75, 3.05) is 30.0 Å². The largest absolute Gasteiger partial charge is 0.497 e. The highest BCUT2D eigenvalue weighted by Crippen LogP contribution is 2.33. The van der Waals surface area contributed by atoms with Gasteiger partial charge in [-0.15, -0.1) is 0 Å². The summed E-state index contributed by atoms with van der Waals surface area (Å²) in [6, 6.07) is 6.15. The van der Waals surface area contributed by atoms with Gasteiger partial charge >= 0.3 is 0 Å². The van der Waals surface area contributed by atoms with Crippen LogP contribution in [0.5, 0.6) is 5.75 Å². The quantitative estimate of drug-likeness (QED) is 0.872. The molecule has 4 N–H and O–H groups in total. The van der Waals surface area contributed by atoms with Gasteiger partial charge in [0.25, 0.3) is 0 Å². The predicted molar refractivity (Wildman–Crippen MR) is 78.6 cm³/mol. The van der Waals surface area contributed by atoms with E-state index in [1.165, 1.54) is 11.3 Å². The molecule has 0 saturated heterocycles. The van der Waals surface area contributed by atoms with Crippen LogP contribution in [-0.2, 0) is 13.0 Å². The molecule has 1 aliphatic heterocycles. The lowest BCUT2D eigenvalue weighted by molar-refractivity contribution is 0.415. The number of anilines is 3. The first-order valence-electron chi connectivity index (χ1n) is 6.46. The predicted octanol–water partition coefficient (Wildman–Crippen LogP) is 1.21. The summed E-state index contributed by atoms with van der Waals surface area (Å²) in [7, 11) is 1.67. The van der Waals surface area contributed by atoms with Crippen molar-refractivity contribution < 1.29 is 4.74 Å². The SMILES string of the molecule is COc1ccc2c(c1)N(Cc1cnc(N)nc1N)CC2. The van der Waals surface area contributed by atoms with E-state index in [-0.39, 0.29) is 5.95 Å². The minimum absolute atomic E-state index is 0.203. The molecule has 0 saturated carbocycles. The number of hydrogen-bond acceptors (Lipinski definition) is 6. The zero-order valence-corrected chi connectivity index (χ0v) is 11.3. The molecule has 0 aliphatic carbocycles. The van der Waals surface area contributed by atoms with Crippen LogP contribution in [0.2, 0.25) is 0 Å². The maximum Gasteiger partial charge on any atom is 0.221 e. The van der Waals surface area contributed by atoms with Crippen LogP contribution in [0, 0.1) is 0 Å². The highest BCUT2D eigenvalue weighted by atomic mass is 16.5. The first-order chi connectivity index (χ1) is 9.67. The number of ether oxygens (including phenoxy) is 1. The molecule has 1 aromatic carbocycles. The van der Waals surface area contributed by atoms with E-state index in [0.29, 0.717) is 12.4 Å². The summed E-state index contributed by atoms with van der Waals surface area (Å²) < 4.78 is 5.28. The zero-order valence-electron chi connectivity index (χ0n) is 11.3. The standard InChI is InChI=1S/C14H17N5O/c1-20-11-3-2-9-4-5-19(12(9)6-11)8-10-7-17-14(16)18-13(10)15/h2-3,6-7H,4-5,8H2,1H3,(H4,15,16,17,18). The number of nitrogens with zero attached hydrogens (tertiary/aromatic N) is 3. The summed E-state index contributed by atoms with van der Waals surface area (Å²) in [5.74, 6) is 1.50. The van der Waals surface area contributed by atoms with E-state index in [0.717, 1.165) is 24.3 Å². The van der Waals surface area contributed by atoms with Crippen molar-refractivity contribution in [3.05, 3.63) is 35.5 Å². The molecule has 0 radical (unpaired) electrons. The second kappa shape index (κ2) is 4.88. The van der Waals surface area contributed by atoms with E-state index in [4.69, 9.17) is 16.2 Å². The Morgan fingerprint density at radius 3 is 2.95 bits per heavy atom. The molecular weight excluding hydrogens is 254 g/mol. The normalized spacial score (nSPS) is 13.3. The maximum absolute atomic E-state index is 5.89. The van der Waals surface area contributed by atoms with Crippen molar-refractivity contribution >= 4 is 17.5 Å². The molecule has 2 heterocycles. The lowest BCUT2D eigenvalue weighted by atomic mass is 10.1. The lowest BCUT2D eigenvalue weighted by Crippen LogP contribution is -2.21. The Hall–Kier alpha value is -2.50. The Kier molecular flexibility index (Phi) is 3.06. The Bertz CT molecular complexity index is 643. The summed E-state index contributed by atoms with van der Waals surface area (Å²) in [6.45, 7) is 1.62. The Morgan fingerprint density at radius 2 is 2.20 bits per heavy atom. The summed E-state index contributed by atoms with van der Waals surface area (Å²) in [4.78, 5) is 10.3. The molecule has 20 heavy (non-hydrogen) atoms. The van der Waals surface area contributed by atoms with Crippen molar-refractivity contribution in [3.63, 3.8) is 0 Å². The zero-order chi connectivity index (χ0) is 14.1. The second-order valence-electron chi connectivity index (χ2n) is 4.80. The molecule has 1 aromatic heterocycles. The molecule has 0 fully saturated rings. The summed E-state index contributed by atoms with van der Waals surface area (Å²) in [5.41, 5.74) is 14.8. The molecule has 0 spiro atoms. The van der Waals surface area contributed by atoms with Gasteiger partial charge in [-0.1, -0.05) is 6.07 Å². The Labute approximate surface area is 117 Å². The van der Waals surface area contributed by atoms with Crippen LogP contribution in [0.15, 0.2) is 24.4 Å². The van der Waals surface area contributed by atoms with Gasteiger partial charge in [0.05, 0.1) is 7.11 Å². The van der Waals surface area contributed by atoms with E-state index in [1.807, 2.05) is 6.07 Å². The highest BCUT2D eigenvalue weighted by molar-refractivity contribution is 5.61. The summed E-state index contributed by atoms with van der Waals surface area (Å²) >= 11 is 0. The van der Waals surface area contributed by atoms with Crippen LogP contribution in [-0.4, -0.2) is 23.6 Å². The molecule has 0 unspecified atom stereocenters. The highest BCUT2D eigenvalue weighted by Gasteiger charge is 2.20. The molecular formula is C14H17N5O. The van der Waals surface area contributed by atoms with E-state index in [9.17, 15) is 0 Å². The fraction of sp³-hybridized carbons (Fsp3) is 0.286. The van der Waals surface area contributed by atoms with Crippen molar-refractivity contribution in [3.8, 4) is 5.75 Å². The van der Waals surface area contributed by atoms with Gasteiger partial charge in [-0.3, -0.25) is 0 Å². The van der Waals surface area contributed by atoms with Gasteiger partial charge in [-0.2, -0.15) is 4.98 Å². The maximum atomic E-state index is 5.89. The van der Waals surface area contributed by atoms with Crippen molar-refractivity contribution in [2.24, 2.45) is 0 Å². The lowest BCUT2D eigenvalue weighted by Gasteiger charge is -2.20. The van der Waals surface area contributed by atoms with Gasteiger partial charge in [0.2, 0.25) is 5.95 Å². The molecule has 3 rings (SSSR count). The number of nitrogens with two attached hydrogens (primary N) is 2. The number of nitrogen functional groups attached to an aromatic ring is 2. The van der Waals surface area contributed by atoms with E-state index >= 15 is 0 Å². The monoisotopic (exact) mass is 271 g/mol. The molecule has 0 amide bonds. The van der Waals surface area contributed by atoms with Gasteiger partial charge < -0.3 is 21.1 Å². The third-order valence-electron chi connectivity index (χ3n) is 3.56. The third-order valence-corrected chi connectivity index (χ3v) is 3.56. The van der Waals surface area contributed by atoms with Gasteiger partial charge in [0.1, 0.15) is 11.6 Å². The summed E-state index contributed by atoms with van der Waals surface area (Å²) in [6.07, 6.45) is 2.71. The molecule has 104 valence electrons. The van der Waals surface area contributed by atoms with Crippen molar-refractivity contribution in [1.82, 2.24) is 9.97 Å². The van der Waals surface area contributed by atoms with Crippen LogP contribution in [0.3, 0.4) is 0 Å². The smallest absolute Gasteiger partial charge is 0.221 e. The fourth-order valence-corrected chi connectivity index (χ4v) is 2.48. The van der Waals surface area contributed by atoms with Crippen LogP contribution in [0.1, 0.15) is 11.1 Å². The first kappa shape index (κ1) is 12.5. The van der Waals surface area contributed by atoms with Gasteiger partial charge in [0, 0.05) is 36.6 Å². The number of aromatic nitrogens is 2. The molecule has 2 aromatic rings. The second-order valence-corrected chi connectivity index (χ2v) is 4.80. The number of benzene rings is 1. The van der Waals surface area contributed by atoms with Crippen LogP contribution < -0.4 is 21.1 Å². The molecule has 0 bridgehead atoms. The molecule has 6 nitrogen and oxygen atoms in total. The Morgan fingerprint density at radius 1 is 1.35 bits per heavy atom. The number of fused-ring (bicyclic) bond motifs is 1. The van der Waals surface area contributed by atoms with Gasteiger partial charge in [0.15, 0.2) is 0 Å². The van der Waals surface area contributed by atoms with Crippen molar-refractivity contribution in [1.29, 1.82) is 0 Å².